The van der Waals surface area contributed by atoms with Crippen LogP contribution in [0.3, 0.4) is 0 Å². The van der Waals surface area contributed by atoms with Crippen molar-refractivity contribution in [3.63, 3.8) is 0 Å². The molecule has 7 heteroatoms. The molecule has 0 unspecified atom stereocenters. The molecule has 0 atom stereocenters. The van der Waals surface area contributed by atoms with Gasteiger partial charge in [0.2, 0.25) is 17.7 Å². The van der Waals surface area contributed by atoms with Crippen LogP contribution in [0.15, 0.2) is 30.3 Å². The van der Waals surface area contributed by atoms with E-state index in [1.54, 1.807) is 30.3 Å². The van der Waals surface area contributed by atoms with Crippen molar-refractivity contribution in [1.82, 2.24) is 4.98 Å². The van der Waals surface area contributed by atoms with Crippen LogP contribution < -0.4 is 20.1 Å². The molecule has 1 aliphatic rings. The number of hydrogen-bond acceptors (Lipinski definition) is 5. The summed E-state index contributed by atoms with van der Waals surface area (Å²) < 4.78 is 10.1. The van der Waals surface area contributed by atoms with Crippen LogP contribution in [0, 0.1) is 0 Å². The Bertz CT molecular complexity index is 789. The highest BCUT2D eigenvalue weighted by Crippen LogP contribution is 2.27. The number of ether oxygens (including phenoxy) is 2. The fourth-order valence-corrected chi connectivity index (χ4v) is 2.37. The Morgan fingerprint density at radius 3 is 2.78 bits per heavy atom. The highest BCUT2D eigenvalue weighted by molar-refractivity contribution is 6.06. The lowest BCUT2D eigenvalue weighted by Crippen LogP contribution is -2.14. The molecular formula is C16H15N3O4. The molecule has 2 amide bonds. The molecule has 0 saturated heterocycles. The molecule has 2 heterocycles. The number of benzene rings is 1. The number of carbonyl (C=O) groups is 2. The Kier molecular flexibility index (Phi) is 3.84. The second-order valence-electron chi connectivity index (χ2n) is 4.96. The van der Waals surface area contributed by atoms with Gasteiger partial charge in [0.05, 0.1) is 20.6 Å². The zero-order chi connectivity index (χ0) is 16.4. The third-order valence-electron chi connectivity index (χ3n) is 3.47. The Labute approximate surface area is 132 Å². The Morgan fingerprint density at radius 2 is 2.04 bits per heavy atom. The molecule has 0 fully saturated rings. The van der Waals surface area contributed by atoms with E-state index in [1.165, 1.54) is 14.2 Å². The molecule has 2 N–H and O–H groups in total. The summed E-state index contributed by atoms with van der Waals surface area (Å²) in [5.74, 6) is 0.138. The van der Waals surface area contributed by atoms with Crippen LogP contribution in [-0.2, 0) is 11.2 Å². The molecule has 0 saturated carbocycles. The van der Waals surface area contributed by atoms with E-state index in [9.17, 15) is 9.59 Å². The van der Waals surface area contributed by atoms with Gasteiger partial charge >= 0.3 is 0 Å². The monoisotopic (exact) mass is 313 g/mol. The zero-order valence-corrected chi connectivity index (χ0v) is 12.7. The minimum atomic E-state index is -0.353. The summed E-state index contributed by atoms with van der Waals surface area (Å²) >= 11 is 0. The van der Waals surface area contributed by atoms with Gasteiger partial charge in [-0.2, -0.15) is 4.98 Å². The molecule has 1 aromatic carbocycles. The predicted octanol–water partition coefficient (Wildman–Crippen LogP) is 1.85. The maximum absolute atomic E-state index is 12.4. The fraction of sp³-hybridized carbons (Fsp3) is 0.188. The fourth-order valence-electron chi connectivity index (χ4n) is 2.37. The Balaban J connectivity index is 1.82. The van der Waals surface area contributed by atoms with Crippen LogP contribution in [-0.4, -0.2) is 31.0 Å². The lowest BCUT2D eigenvalue weighted by Gasteiger charge is -2.10. The van der Waals surface area contributed by atoms with Crippen LogP contribution in [0.1, 0.15) is 15.9 Å². The molecule has 0 spiro atoms. The summed E-state index contributed by atoms with van der Waals surface area (Å²) in [6, 6.07) is 8.43. The number of aromatic nitrogens is 1. The summed E-state index contributed by atoms with van der Waals surface area (Å²) in [4.78, 5) is 27.8. The molecule has 23 heavy (non-hydrogen) atoms. The van der Waals surface area contributed by atoms with Gasteiger partial charge in [-0.25, -0.2) is 0 Å². The van der Waals surface area contributed by atoms with Crippen molar-refractivity contribution in [1.29, 1.82) is 0 Å². The van der Waals surface area contributed by atoms with Gasteiger partial charge in [0.25, 0.3) is 5.91 Å². The van der Waals surface area contributed by atoms with Gasteiger partial charge in [-0.1, -0.05) is 0 Å². The molecular weight excluding hydrogens is 298 g/mol. The molecule has 0 aliphatic carbocycles. The molecule has 7 nitrogen and oxygen atoms in total. The summed E-state index contributed by atoms with van der Waals surface area (Å²) in [5, 5.41) is 5.52. The first-order valence-electron chi connectivity index (χ1n) is 6.94. The standard InChI is InChI=1S/C16H15N3O4/c1-22-14-6-4-11(16(19-14)23-2)15(21)17-10-3-5-12-9(7-10)8-13(20)18-12/h3-7H,8H2,1-2H3,(H,17,21)(H,18,20). The van der Waals surface area contributed by atoms with E-state index in [1.807, 2.05) is 0 Å². The van der Waals surface area contributed by atoms with Crippen molar-refractivity contribution < 1.29 is 19.1 Å². The van der Waals surface area contributed by atoms with Crippen molar-refractivity contribution in [2.24, 2.45) is 0 Å². The van der Waals surface area contributed by atoms with E-state index in [-0.39, 0.29) is 17.7 Å². The molecule has 0 bridgehead atoms. The topological polar surface area (TPSA) is 89.5 Å². The number of amides is 2. The number of nitrogens with one attached hydrogen (secondary N) is 2. The first-order chi connectivity index (χ1) is 11.1. The van der Waals surface area contributed by atoms with Crippen LogP contribution in [0.4, 0.5) is 11.4 Å². The minimum absolute atomic E-state index is 0.0514. The molecule has 1 aromatic heterocycles. The normalized spacial score (nSPS) is 12.3. The average molecular weight is 313 g/mol. The minimum Gasteiger partial charge on any atom is -0.481 e. The second kappa shape index (κ2) is 5.96. The van der Waals surface area contributed by atoms with Crippen molar-refractivity contribution in [2.45, 2.75) is 6.42 Å². The van der Waals surface area contributed by atoms with Gasteiger partial charge in [0.15, 0.2) is 0 Å². The number of fused-ring (bicyclic) bond motifs is 1. The van der Waals surface area contributed by atoms with E-state index < -0.39 is 0 Å². The first-order valence-corrected chi connectivity index (χ1v) is 6.94. The van der Waals surface area contributed by atoms with Gasteiger partial charge in [-0.15, -0.1) is 0 Å². The average Bonchev–Trinajstić information content (AvgIpc) is 2.93. The summed E-state index contributed by atoms with van der Waals surface area (Å²) in [5.41, 5.74) is 2.52. The molecule has 2 aromatic rings. The predicted molar refractivity (Wildman–Crippen MR) is 84.1 cm³/mol. The maximum Gasteiger partial charge on any atom is 0.261 e. The summed E-state index contributed by atoms with van der Waals surface area (Å²) in [7, 11) is 2.92. The van der Waals surface area contributed by atoms with Crippen molar-refractivity contribution in [2.75, 3.05) is 24.9 Å². The van der Waals surface area contributed by atoms with E-state index in [0.717, 1.165) is 11.3 Å². The highest BCUT2D eigenvalue weighted by atomic mass is 16.5. The first kappa shape index (κ1) is 14.8. The summed E-state index contributed by atoms with van der Waals surface area (Å²) in [6.07, 6.45) is 0.312. The number of carbonyl (C=O) groups excluding carboxylic acids is 2. The Hall–Kier alpha value is -3.09. The molecule has 118 valence electrons. The number of pyridine rings is 1. The van der Waals surface area contributed by atoms with Gasteiger partial charge in [-0.3, -0.25) is 9.59 Å². The highest BCUT2D eigenvalue weighted by Gasteiger charge is 2.19. The summed E-state index contributed by atoms with van der Waals surface area (Å²) in [6.45, 7) is 0. The Morgan fingerprint density at radius 1 is 1.22 bits per heavy atom. The third kappa shape index (κ3) is 2.94. The number of anilines is 2. The molecule has 3 rings (SSSR count). The van der Waals surface area contributed by atoms with Crippen LogP contribution in [0.2, 0.25) is 0 Å². The second-order valence-corrected chi connectivity index (χ2v) is 4.96. The van der Waals surface area contributed by atoms with Gasteiger partial charge in [0, 0.05) is 17.4 Å². The number of methoxy groups -OCH3 is 2. The van der Waals surface area contributed by atoms with Gasteiger partial charge in [0.1, 0.15) is 5.56 Å². The van der Waals surface area contributed by atoms with E-state index in [4.69, 9.17) is 9.47 Å². The quantitative estimate of drug-likeness (QED) is 0.899. The van der Waals surface area contributed by atoms with E-state index in [0.29, 0.717) is 23.6 Å². The smallest absolute Gasteiger partial charge is 0.261 e. The lowest BCUT2D eigenvalue weighted by molar-refractivity contribution is -0.115. The maximum atomic E-state index is 12.4. The molecule has 0 radical (unpaired) electrons. The van der Waals surface area contributed by atoms with Gasteiger partial charge in [-0.05, 0) is 29.8 Å². The molecule has 1 aliphatic heterocycles. The number of nitrogens with zero attached hydrogens (tertiary/aromatic N) is 1. The van der Waals surface area contributed by atoms with E-state index in [2.05, 4.69) is 15.6 Å². The third-order valence-corrected chi connectivity index (χ3v) is 3.47. The zero-order valence-electron chi connectivity index (χ0n) is 12.7. The van der Waals surface area contributed by atoms with Crippen LogP contribution in [0.5, 0.6) is 11.8 Å². The van der Waals surface area contributed by atoms with Crippen LogP contribution in [0.25, 0.3) is 0 Å². The van der Waals surface area contributed by atoms with Gasteiger partial charge < -0.3 is 20.1 Å². The van der Waals surface area contributed by atoms with E-state index >= 15 is 0 Å². The largest absolute Gasteiger partial charge is 0.481 e. The van der Waals surface area contributed by atoms with Crippen molar-refractivity contribution in [3.05, 3.63) is 41.5 Å². The number of rotatable bonds is 4. The van der Waals surface area contributed by atoms with Crippen molar-refractivity contribution >= 4 is 23.2 Å². The van der Waals surface area contributed by atoms with Crippen molar-refractivity contribution in [3.8, 4) is 11.8 Å². The van der Waals surface area contributed by atoms with Crippen LogP contribution >= 0.6 is 0 Å². The number of hydrogen-bond donors (Lipinski definition) is 2. The SMILES string of the molecule is COc1ccc(C(=O)Nc2ccc3c(c2)CC(=O)N3)c(OC)n1. The lowest BCUT2D eigenvalue weighted by atomic mass is 10.1.